The van der Waals surface area contributed by atoms with Gasteiger partial charge in [-0.15, -0.1) is 6.58 Å². The van der Waals surface area contributed by atoms with Crippen molar-refractivity contribution in [1.29, 1.82) is 0 Å². The quantitative estimate of drug-likeness (QED) is 0.405. The summed E-state index contributed by atoms with van der Waals surface area (Å²) in [6.07, 6.45) is 4.01. The summed E-state index contributed by atoms with van der Waals surface area (Å²) in [6, 6.07) is 4.26. The third-order valence-corrected chi connectivity index (χ3v) is 4.85. The highest BCUT2D eigenvalue weighted by molar-refractivity contribution is 5.80. The Hall–Kier alpha value is -2.70. The van der Waals surface area contributed by atoms with Crippen LogP contribution in [0.1, 0.15) is 30.9 Å². The molecule has 0 saturated carbocycles. The number of hydrogen-bond donors (Lipinski definition) is 2. The minimum atomic E-state index is 0.201. The molecule has 1 aromatic carbocycles. The third-order valence-electron chi connectivity index (χ3n) is 4.85. The molecular weight excluding hydrogens is 356 g/mol. The predicted molar refractivity (Wildman–Crippen MR) is 112 cm³/mol. The van der Waals surface area contributed by atoms with Crippen LogP contribution in [0.3, 0.4) is 0 Å². The first kappa shape index (κ1) is 21.6. The van der Waals surface area contributed by atoms with E-state index in [2.05, 4.69) is 28.3 Å². The molecule has 0 aliphatic carbocycles. The van der Waals surface area contributed by atoms with Crippen LogP contribution in [0, 0.1) is 0 Å². The number of likely N-dealkylation sites (tertiary alicyclic amines) is 1. The second-order valence-electron chi connectivity index (χ2n) is 6.73. The lowest BCUT2D eigenvalue weighted by Crippen LogP contribution is -2.44. The van der Waals surface area contributed by atoms with E-state index in [1.807, 2.05) is 24.0 Å². The number of carbonyl (C=O) groups excluding carboxylic acids is 1. The molecule has 1 atom stereocenters. The van der Waals surface area contributed by atoms with E-state index in [4.69, 9.17) is 9.47 Å². The smallest absolute Gasteiger partial charge is 0.222 e. The number of amides is 1. The summed E-state index contributed by atoms with van der Waals surface area (Å²) in [6.45, 7) is 7.81. The van der Waals surface area contributed by atoms with Crippen LogP contribution in [0.4, 0.5) is 0 Å². The van der Waals surface area contributed by atoms with Gasteiger partial charge in [-0.05, 0) is 30.5 Å². The molecule has 2 N–H and O–H groups in total. The molecule has 1 saturated heterocycles. The average molecular weight is 389 g/mol. The molecule has 154 valence electrons. The van der Waals surface area contributed by atoms with Crippen molar-refractivity contribution in [2.75, 3.05) is 34.4 Å². The van der Waals surface area contributed by atoms with E-state index >= 15 is 0 Å². The predicted octanol–water partition coefficient (Wildman–Crippen LogP) is 2.11. The SMILES string of the molecule is C=CCc1cc(CNC(=NC)NC2CCN(C(=O)CC)C2)cc(OC)c1OC. The monoisotopic (exact) mass is 388 g/mol. The number of carbonyl (C=O) groups is 1. The van der Waals surface area contributed by atoms with E-state index in [0.29, 0.717) is 31.7 Å². The van der Waals surface area contributed by atoms with Gasteiger partial charge in [-0.3, -0.25) is 9.79 Å². The lowest BCUT2D eigenvalue weighted by molar-refractivity contribution is -0.129. The van der Waals surface area contributed by atoms with Crippen molar-refractivity contribution >= 4 is 11.9 Å². The Labute approximate surface area is 167 Å². The van der Waals surface area contributed by atoms with Gasteiger partial charge >= 0.3 is 0 Å². The Morgan fingerprint density at radius 2 is 2.18 bits per heavy atom. The molecule has 1 amide bonds. The maximum absolute atomic E-state index is 11.8. The third kappa shape index (κ3) is 5.41. The standard InChI is InChI=1S/C21H32N4O3/c1-6-8-16-11-15(12-18(27-4)20(16)28-5)13-23-21(22-3)24-17-9-10-25(14-17)19(26)7-2/h6,11-12,17H,1,7-10,13-14H2,2-5H3,(H2,22,23,24). The van der Waals surface area contributed by atoms with Crippen molar-refractivity contribution < 1.29 is 14.3 Å². The maximum atomic E-state index is 11.8. The van der Waals surface area contributed by atoms with Crippen molar-refractivity contribution in [3.05, 3.63) is 35.9 Å². The summed E-state index contributed by atoms with van der Waals surface area (Å²) >= 11 is 0. The molecular formula is C21H32N4O3. The highest BCUT2D eigenvalue weighted by Gasteiger charge is 2.25. The van der Waals surface area contributed by atoms with Crippen molar-refractivity contribution in [3.63, 3.8) is 0 Å². The minimum Gasteiger partial charge on any atom is -0.493 e. The average Bonchev–Trinajstić information content (AvgIpc) is 3.18. The molecule has 0 bridgehead atoms. The van der Waals surface area contributed by atoms with Crippen LogP contribution in [0.5, 0.6) is 11.5 Å². The van der Waals surface area contributed by atoms with E-state index in [1.54, 1.807) is 21.3 Å². The fraction of sp³-hybridized carbons (Fsp3) is 0.524. The summed E-state index contributed by atoms with van der Waals surface area (Å²) in [7, 11) is 5.02. The molecule has 1 aliphatic rings. The van der Waals surface area contributed by atoms with Crippen LogP contribution in [0.25, 0.3) is 0 Å². The summed E-state index contributed by atoms with van der Waals surface area (Å²) in [5, 5.41) is 6.75. The molecule has 28 heavy (non-hydrogen) atoms. The summed E-state index contributed by atoms with van der Waals surface area (Å²) < 4.78 is 11.0. The number of guanidine groups is 1. The molecule has 0 radical (unpaired) electrons. The topological polar surface area (TPSA) is 75.2 Å². The molecule has 0 spiro atoms. The van der Waals surface area contributed by atoms with E-state index in [9.17, 15) is 4.79 Å². The summed E-state index contributed by atoms with van der Waals surface area (Å²) in [5.74, 6) is 2.36. The Kier molecular flexibility index (Phi) is 8.17. The zero-order chi connectivity index (χ0) is 20.5. The highest BCUT2D eigenvalue weighted by atomic mass is 16.5. The molecule has 1 aromatic rings. The lowest BCUT2D eigenvalue weighted by atomic mass is 10.1. The summed E-state index contributed by atoms with van der Waals surface area (Å²) in [4.78, 5) is 18.1. The number of ether oxygens (including phenoxy) is 2. The van der Waals surface area contributed by atoms with Gasteiger partial charge < -0.3 is 25.0 Å². The molecule has 1 unspecified atom stereocenters. The maximum Gasteiger partial charge on any atom is 0.222 e. The Bertz CT molecular complexity index is 718. The Morgan fingerprint density at radius 1 is 1.39 bits per heavy atom. The molecule has 0 aromatic heterocycles. The highest BCUT2D eigenvalue weighted by Crippen LogP contribution is 2.33. The van der Waals surface area contributed by atoms with Crippen LogP contribution >= 0.6 is 0 Å². The molecule has 1 aliphatic heterocycles. The van der Waals surface area contributed by atoms with Gasteiger partial charge in [0.25, 0.3) is 0 Å². The Morgan fingerprint density at radius 3 is 2.79 bits per heavy atom. The zero-order valence-corrected chi connectivity index (χ0v) is 17.4. The van der Waals surface area contributed by atoms with Crippen molar-refractivity contribution in [3.8, 4) is 11.5 Å². The second-order valence-corrected chi connectivity index (χ2v) is 6.73. The van der Waals surface area contributed by atoms with Crippen molar-refractivity contribution in [1.82, 2.24) is 15.5 Å². The normalized spacial score (nSPS) is 16.6. The van der Waals surface area contributed by atoms with E-state index in [0.717, 1.165) is 35.8 Å². The fourth-order valence-corrected chi connectivity index (χ4v) is 3.42. The first-order valence-electron chi connectivity index (χ1n) is 9.65. The van der Waals surface area contributed by atoms with Gasteiger partial charge in [0.15, 0.2) is 17.5 Å². The lowest BCUT2D eigenvalue weighted by Gasteiger charge is -2.19. The molecule has 7 nitrogen and oxygen atoms in total. The number of nitrogens with zero attached hydrogens (tertiary/aromatic N) is 2. The van der Waals surface area contributed by atoms with Crippen LogP contribution in [-0.2, 0) is 17.8 Å². The van der Waals surface area contributed by atoms with Gasteiger partial charge in [0.1, 0.15) is 0 Å². The van der Waals surface area contributed by atoms with Gasteiger partial charge in [-0.25, -0.2) is 0 Å². The van der Waals surface area contributed by atoms with Crippen molar-refractivity contribution in [2.24, 2.45) is 4.99 Å². The number of allylic oxidation sites excluding steroid dienone is 1. The van der Waals surface area contributed by atoms with Crippen molar-refractivity contribution in [2.45, 2.75) is 38.8 Å². The number of benzene rings is 1. The molecule has 1 heterocycles. The van der Waals surface area contributed by atoms with E-state index < -0.39 is 0 Å². The minimum absolute atomic E-state index is 0.201. The van der Waals surface area contributed by atoms with Gasteiger partial charge in [0, 0.05) is 44.7 Å². The van der Waals surface area contributed by atoms with Gasteiger partial charge in [-0.1, -0.05) is 13.0 Å². The molecule has 7 heteroatoms. The second kappa shape index (κ2) is 10.6. The molecule has 1 fully saturated rings. The largest absolute Gasteiger partial charge is 0.493 e. The molecule has 2 rings (SSSR count). The van der Waals surface area contributed by atoms with Gasteiger partial charge in [0.05, 0.1) is 14.2 Å². The van der Waals surface area contributed by atoms with E-state index in [-0.39, 0.29) is 11.9 Å². The van der Waals surface area contributed by atoms with Crippen LogP contribution in [-0.4, -0.2) is 57.2 Å². The Balaban J connectivity index is 2.00. The van der Waals surface area contributed by atoms with Gasteiger partial charge in [-0.2, -0.15) is 0 Å². The number of methoxy groups -OCH3 is 2. The van der Waals surface area contributed by atoms with Crippen LogP contribution < -0.4 is 20.1 Å². The zero-order valence-electron chi connectivity index (χ0n) is 17.4. The van der Waals surface area contributed by atoms with E-state index in [1.165, 1.54) is 0 Å². The number of rotatable bonds is 8. The fourth-order valence-electron chi connectivity index (χ4n) is 3.42. The van der Waals surface area contributed by atoms with Crippen LogP contribution in [0.15, 0.2) is 29.8 Å². The van der Waals surface area contributed by atoms with Crippen LogP contribution in [0.2, 0.25) is 0 Å². The summed E-state index contributed by atoms with van der Waals surface area (Å²) in [5.41, 5.74) is 2.09. The number of nitrogens with one attached hydrogen (secondary N) is 2. The first-order valence-corrected chi connectivity index (χ1v) is 9.65. The number of hydrogen-bond acceptors (Lipinski definition) is 4. The van der Waals surface area contributed by atoms with Gasteiger partial charge in [0.2, 0.25) is 5.91 Å². The number of aliphatic imine (C=N–C) groups is 1. The first-order chi connectivity index (χ1) is 13.6.